The smallest absolute Gasteiger partial charge is 0.252 e. The van der Waals surface area contributed by atoms with E-state index >= 15 is 0 Å². The zero-order chi connectivity index (χ0) is 39.2. The largest absolute Gasteiger partial charge is 0.311 e. The van der Waals surface area contributed by atoms with E-state index in [4.69, 9.17) is 0 Å². The van der Waals surface area contributed by atoms with Gasteiger partial charge >= 0.3 is 0 Å². The van der Waals surface area contributed by atoms with Gasteiger partial charge in [0.2, 0.25) is 0 Å². The highest BCUT2D eigenvalue weighted by atomic mass is 15.2. The average Bonchev–Trinajstić information content (AvgIpc) is 3.13. The zero-order valence-electron chi connectivity index (χ0n) is 35.1. The fourth-order valence-corrected chi connectivity index (χ4v) is 8.55. The lowest BCUT2D eigenvalue weighted by Gasteiger charge is -2.46. The molecular weight excluding hydrogens is 663 g/mol. The van der Waals surface area contributed by atoms with E-state index in [0.717, 1.165) is 0 Å². The van der Waals surface area contributed by atoms with E-state index in [9.17, 15) is 0 Å². The lowest BCUT2D eigenvalue weighted by atomic mass is 9.33. The first-order valence-electron chi connectivity index (χ1n) is 20.1. The molecule has 2 aliphatic heterocycles. The van der Waals surface area contributed by atoms with Crippen molar-refractivity contribution >= 4 is 57.2 Å². The van der Waals surface area contributed by atoms with Crippen molar-refractivity contribution in [2.24, 2.45) is 0 Å². The van der Waals surface area contributed by atoms with E-state index in [2.05, 4.69) is 220 Å². The Morgan fingerprint density at radius 3 is 1.35 bits per heavy atom. The Morgan fingerprint density at radius 2 is 0.818 bits per heavy atom. The van der Waals surface area contributed by atoms with Crippen molar-refractivity contribution in [3.05, 3.63) is 150 Å². The number of rotatable bonds is 3. The lowest BCUT2D eigenvalue weighted by Crippen LogP contribution is -2.61. The Labute approximate surface area is 331 Å². The van der Waals surface area contributed by atoms with Gasteiger partial charge in [-0.3, -0.25) is 0 Å². The Morgan fingerprint density at radius 1 is 0.364 bits per heavy atom. The van der Waals surface area contributed by atoms with Crippen molar-refractivity contribution < 1.29 is 0 Å². The number of para-hydroxylation sites is 1. The maximum Gasteiger partial charge on any atom is 0.252 e. The van der Waals surface area contributed by atoms with Crippen molar-refractivity contribution in [2.45, 2.75) is 105 Å². The van der Waals surface area contributed by atoms with Gasteiger partial charge < -0.3 is 9.80 Å². The van der Waals surface area contributed by atoms with Crippen LogP contribution in [0.3, 0.4) is 0 Å². The molecule has 2 heterocycles. The van der Waals surface area contributed by atoms with E-state index in [1.54, 1.807) is 0 Å². The van der Waals surface area contributed by atoms with Crippen molar-refractivity contribution in [3.8, 4) is 11.1 Å². The third-order valence-electron chi connectivity index (χ3n) is 11.9. The molecule has 0 aliphatic carbocycles. The van der Waals surface area contributed by atoms with Crippen molar-refractivity contribution in [3.63, 3.8) is 0 Å². The minimum absolute atomic E-state index is 0.00116. The molecule has 6 aromatic rings. The molecule has 0 spiro atoms. The highest BCUT2D eigenvalue weighted by Crippen LogP contribution is 2.48. The first-order chi connectivity index (χ1) is 25.8. The number of fused-ring (bicyclic) bond motifs is 4. The van der Waals surface area contributed by atoms with Gasteiger partial charge in [0.1, 0.15) is 0 Å². The summed E-state index contributed by atoms with van der Waals surface area (Å²) >= 11 is 0. The summed E-state index contributed by atoms with van der Waals surface area (Å²) in [7, 11) is 0. The molecule has 6 aromatic carbocycles. The maximum atomic E-state index is 2.59. The molecule has 0 N–H and O–H groups in total. The van der Waals surface area contributed by atoms with Crippen LogP contribution in [0.15, 0.2) is 127 Å². The Hall–Kier alpha value is -5.02. The summed E-state index contributed by atoms with van der Waals surface area (Å²) in [5, 5.41) is 0. The van der Waals surface area contributed by atoms with Crippen LogP contribution in [0.2, 0.25) is 0 Å². The fraction of sp³-hybridized carbons (Fsp3) is 0.308. The molecule has 0 radical (unpaired) electrons. The van der Waals surface area contributed by atoms with Crippen LogP contribution in [0.5, 0.6) is 0 Å². The molecule has 0 bridgehead atoms. The van der Waals surface area contributed by atoms with Gasteiger partial charge in [0, 0.05) is 34.0 Å². The molecule has 0 saturated carbocycles. The molecule has 0 atom stereocenters. The van der Waals surface area contributed by atoms with Gasteiger partial charge in [-0.15, -0.1) is 0 Å². The van der Waals surface area contributed by atoms with E-state index in [1.165, 1.54) is 83.9 Å². The normalized spacial score (nSPS) is 14.1. The summed E-state index contributed by atoms with van der Waals surface area (Å²) < 4.78 is 0. The fourth-order valence-electron chi connectivity index (χ4n) is 8.55. The zero-order valence-corrected chi connectivity index (χ0v) is 35.1. The average molecular weight is 721 g/mol. The van der Waals surface area contributed by atoms with E-state index in [-0.39, 0.29) is 28.4 Å². The van der Waals surface area contributed by atoms with E-state index in [0.29, 0.717) is 0 Å². The maximum absolute atomic E-state index is 2.59. The molecule has 55 heavy (non-hydrogen) atoms. The third kappa shape index (κ3) is 6.40. The number of anilines is 6. The monoisotopic (exact) mass is 720 g/mol. The van der Waals surface area contributed by atoms with Gasteiger partial charge in [0.25, 0.3) is 6.71 Å². The summed E-state index contributed by atoms with van der Waals surface area (Å²) in [6.07, 6.45) is 0. The second kappa shape index (κ2) is 12.8. The second-order valence-electron chi connectivity index (χ2n) is 20.0. The Balaban J connectivity index is 1.52. The van der Waals surface area contributed by atoms with E-state index in [1.807, 2.05) is 0 Å². The predicted octanol–water partition coefficient (Wildman–Crippen LogP) is 12.6. The van der Waals surface area contributed by atoms with Crippen LogP contribution in [0.4, 0.5) is 34.1 Å². The predicted molar refractivity (Wildman–Crippen MR) is 241 cm³/mol. The highest BCUT2D eigenvalue weighted by Gasteiger charge is 2.45. The second-order valence-corrected chi connectivity index (χ2v) is 20.0. The summed E-state index contributed by atoms with van der Waals surface area (Å²) in [5.74, 6) is 0. The van der Waals surface area contributed by atoms with Crippen LogP contribution in [0.25, 0.3) is 11.1 Å². The van der Waals surface area contributed by atoms with Crippen molar-refractivity contribution in [1.82, 2.24) is 0 Å². The standard InChI is InChI=1S/C52H57BN2/c1-49(2,3)35-22-26-39(27-23-35)54-44-28-24-36(50(4,5)6)30-41(44)53-42-31-37(51(7,8)9)25-29-45(42)55(47-33-38(52(10,11)12)32-46(54)48(47)53)43-21-17-16-20-40(43)34-18-14-13-15-19-34/h13-33H,1-12H3. The summed E-state index contributed by atoms with van der Waals surface area (Å²) in [4.78, 5) is 5.16. The summed E-state index contributed by atoms with van der Waals surface area (Å²) in [6.45, 7) is 28.0. The first-order valence-corrected chi connectivity index (χ1v) is 20.1. The molecule has 0 aromatic heterocycles. The van der Waals surface area contributed by atoms with Gasteiger partial charge in [-0.1, -0.05) is 168 Å². The minimum atomic E-state index is -0.0832. The molecule has 0 fully saturated rings. The van der Waals surface area contributed by atoms with Crippen LogP contribution in [-0.2, 0) is 21.7 Å². The lowest BCUT2D eigenvalue weighted by molar-refractivity contribution is 0.589. The topological polar surface area (TPSA) is 6.48 Å². The summed E-state index contributed by atoms with van der Waals surface area (Å²) in [5.41, 5.74) is 19.3. The quantitative estimate of drug-likeness (QED) is 0.168. The van der Waals surface area contributed by atoms with Gasteiger partial charge in [0.15, 0.2) is 0 Å². The van der Waals surface area contributed by atoms with Gasteiger partial charge in [0.05, 0.1) is 5.69 Å². The number of benzene rings is 6. The third-order valence-corrected chi connectivity index (χ3v) is 11.9. The summed E-state index contributed by atoms with van der Waals surface area (Å²) in [6, 6.07) is 48.8. The minimum Gasteiger partial charge on any atom is -0.311 e. The van der Waals surface area contributed by atoms with Crippen molar-refractivity contribution in [1.29, 1.82) is 0 Å². The van der Waals surface area contributed by atoms with Crippen LogP contribution in [-0.4, -0.2) is 6.71 Å². The number of hydrogen-bond donors (Lipinski definition) is 0. The molecule has 2 nitrogen and oxygen atoms in total. The number of nitrogens with zero attached hydrogens (tertiary/aromatic N) is 2. The van der Waals surface area contributed by atoms with Gasteiger partial charge in [-0.25, -0.2) is 0 Å². The molecule has 8 rings (SSSR count). The van der Waals surface area contributed by atoms with Gasteiger partial charge in [-0.2, -0.15) is 0 Å². The SMILES string of the molecule is CC(C)(C)c1ccc(N2c3ccc(C(C)(C)C)cc3B3c4cc(C(C)(C)C)ccc4N(c4ccccc4-c4ccccc4)c4cc(C(C)(C)C)cc2c43)cc1. The molecule has 278 valence electrons. The molecule has 2 aliphatic rings. The Bertz CT molecular complexity index is 2410. The first kappa shape index (κ1) is 36.9. The number of hydrogen-bond acceptors (Lipinski definition) is 2. The van der Waals surface area contributed by atoms with Crippen LogP contribution in [0, 0.1) is 0 Å². The van der Waals surface area contributed by atoms with Crippen LogP contribution >= 0.6 is 0 Å². The molecule has 0 unspecified atom stereocenters. The molecule has 0 saturated heterocycles. The van der Waals surface area contributed by atoms with Crippen LogP contribution < -0.4 is 26.2 Å². The molecule has 3 heteroatoms. The Kier molecular flexibility index (Phi) is 8.58. The van der Waals surface area contributed by atoms with Crippen LogP contribution in [0.1, 0.15) is 105 Å². The van der Waals surface area contributed by atoms with Gasteiger partial charge in [-0.05, 0) is 108 Å². The molecular formula is C52H57BN2. The highest BCUT2D eigenvalue weighted by molar-refractivity contribution is 7.00. The van der Waals surface area contributed by atoms with Crippen molar-refractivity contribution in [2.75, 3.05) is 9.80 Å². The molecule has 0 amide bonds. The van der Waals surface area contributed by atoms with E-state index < -0.39 is 0 Å².